The summed E-state index contributed by atoms with van der Waals surface area (Å²) in [4.78, 5) is 0. The van der Waals surface area contributed by atoms with Gasteiger partial charge in [-0.15, -0.1) is 0 Å². The molecule has 0 aliphatic heterocycles. The fraction of sp³-hybridized carbons (Fsp3) is 0.357. The maximum atomic E-state index is 5.67. The molecule has 1 aromatic heterocycles. The van der Waals surface area contributed by atoms with Gasteiger partial charge in [-0.1, -0.05) is 18.2 Å². The van der Waals surface area contributed by atoms with Crippen molar-refractivity contribution in [3.8, 4) is 5.69 Å². The zero-order valence-corrected chi connectivity index (χ0v) is 11.3. The van der Waals surface area contributed by atoms with Gasteiger partial charge in [0.25, 0.3) is 0 Å². The summed E-state index contributed by atoms with van der Waals surface area (Å²) in [5, 5.41) is 4.36. The summed E-state index contributed by atoms with van der Waals surface area (Å²) in [5.41, 5.74) is 4.80. The third-order valence-electron chi connectivity index (χ3n) is 3.07. The van der Waals surface area contributed by atoms with Gasteiger partial charge in [0.1, 0.15) is 0 Å². The Morgan fingerprint density at radius 1 is 1.32 bits per heavy atom. The third-order valence-corrected chi connectivity index (χ3v) is 3.07. The lowest BCUT2D eigenvalue weighted by atomic mass is 10.1. The van der Waals surface area contributed by atoms with E-state index in [1.165, 1.54) is 0 Å². The van der Waals surface area contributed by atoms with Crippen LogP contribution in [0.3, 0.4) is 0 Å². The average Bonchev–Trinajstić information content (AvgIpc) is 2.90. The second kappa shape index (κ2) is 6.47. The van der Waals surface area contributed by atoms with Gasteiger partial charge >= 0.3 is 0 Å². The lowest BCUT2D eigenvalue weighted by Crippen LogP contribution is -2.37. The summed E-state index contributed by atoms with van der Waals surface area (Å²) in [6.07, 6.45) is 1.74. The molecule has 0 aliphatic carbocycles. The van der Waals surface area contributed by atoms with Crippen molar-refractivity contribution in [2.24, 2.45) is 5.84 Å². The molecule has 2 rings (SSSR count). The fourth-order valence-corrected chi connectivity index (χ4v) is 2.15. The predicted octanol–water partition coefficient (Wildman–Crippen LogP) is 1.80. The van der Waals surface area contributed by atoms with Crippen LogP contribution < -0.4 is 11.3 Å². The summed E-state index contributed by atoms with van der Waals surface area (Å²) < 4.78 is 7.50. The van der Waals surface area contributed by atoms with Gasteiger partial charge in [0.15, 0.2) is 0 Å². The number of ether oxygens (including phenoxy) is 1. The summed E-state index contributed by atoms with van der Waals surface area (Å²) in [5.74, 6) is 5.67. The Bertz CT molecular complexity index is 497. The lowest BCUT2D eigenvalue weighted by Gasteiger charge is -2.24. The number of nitrogens with two attached hydrogens (primary N) is 1. The highest BCUT2D eigenvalue weighted by Gasteiger charge is 2.22. The fourth-order valence-electron chi connectivity index (χ4n) is 2.15. The quantitative estimate of drug-likeness (QED) is 0.614. The van der Waals surface area contributed by atoms with Crippen molar-refractivity contribution in [2.45, 2.75) is 26.0 Å². The molecule has 0 radical (unpaired) electrons. The van der Waals surface area contributed by atoms with Gasteiger partial charge in [0.05, 0.1) is 23.5 Å². The van der Waals surface area contributed by atoms with Gasteiger partial charge in [-0.05, 0) is 32.0 Å². The normalized spacial score (nSPS) is 14.3. The van der Waals surface area contributed by atoms with E-state index in [4.69, 9.17) is 10.6 Å². The molecule has 1 aromatic carbocycles. The minimum atomic E-state index is -0.109. The van der Waals surface area contributed by atoms with Gasteiger partial charge in [0.2, 0.25) is 0 Å². The van der Waals surface area contributed by atoms with Crippen LogP contribution in [0, 0.1) is 0 Å². The molecule has 0 fully saturated rings. The molecule has 5 heteroatoms. The van der Waals surface area contributed by atoms with E-state index in [2.05, 4.69) is 10.5 Å². The monoisotopic (exact) mass is 260 g/mol. The van der Waals surface area contributed by atoms with E-state index in [-0.39, 0.29) is 12.1 Å². The van der Waals surface area contributed by atoms with Crippen LogP contribution in [0.5, 0.6) is 0 Å². The molecule has 0 spiro atoms. The van der Waals surface area contributed by atoms with E-state index < -0.39 is 0 Å². The largest absolute Gasteiger partial charge is 0.377 e. The Labute approximate surface area is 113 Å². The first kappa shape index (κ1) is 13.7. The number of nitrogens with zero attached hydrogens (tertiary/aromatic N) is 2. The van der Waals surface area contributed by atoms with Crippen LogP contribution in [0.25, 0.3) is 5.69 Å². The second-order valence-electron chi connectivity index (χ2n) is 4.31. The molecule has 2 unspecified atom stereocenters. The highest BCUT2D eigenvalue weighted by Crippen LogP contribution is 2.21. The van der Waals surface area contributed by atoms with Crippen molar-refractivity contribution in [3.05, 3.63) is 48.3 Å². The molecule has 0 bridgehead atoms. The minimum absolute atomic E-state index is 0.0332. The number of aromatic nitrogens is 2. The first-order valence-electron chi connectivity index (χ1n) is 6.45. The summed E-state index contributed by atoms with van der Waals surface area (Å²) in [6, 6.07) is 11.8. The van der Waals surface area contributed by atoms with E-state index in [0.29, 0.717) is 6.61 Å². The maximum absolute atomic E-state index is 5.67. The standard InChI is InChI=1S/C14H20N4O/c1-3-19-11(2)14(17-15)13-9-10-16-18(13)12-7-5-4-6-8-12/h4-11,14,17H,3,15H2,1-2H3. The van der Waals surface area contributed by atoms with Crippen molar-refractivity contribution in [3.63, 3.8) is 0 Å². The molecule has 0 saturated heterocycles. The van der Waals surface area contributed by atoms with E-state index in [1.807, 2.05) is 54.9 Å². The van der Waals surface area contributed by atoms with Gasteiger partial charge in [-0.25, -0.2) is 10.1 Å². The van der Waals surface area contributed by atoms with Gasteiger partial charge in [0, 0.05) is 12.8 Å². The smallest absolute Gasteiger partial charge is 0.0892 e. The molecule has 2 atom stereocenters. The van der Waals surface area contributed by atoms with Gasteiger partial charge < -0.3 is 4.74 Å². The molecule has 0 aliphatic rings. The number of para-hydroxylation sites is 1. The first-order valence-corrected chi connectivity index (χ1v) is 6.45. The molecular weight excluding hydrogens is 240 g/mol. The SMILES string of the molecule is CCOC(C)C(NN)c1ccnn1-c1ccccc1. The van der Waals surface area contributed by atoms with Crippen molar-refractivity contribution >= 4 is 0 Å². The highest BCUT2D eigenvalue weighted by atomic mass is 16.5. The highest BCUT2D eigenvalue weighted by molar-refractivity contribution is 5.33. The molecule has 19 heavy (non-hydrogen) atoms. The van der Waals surface area contributed by atoms with E-state index in [1.54, 1.807) is 6.20 Å². The molecule has 0 saturated carbocycles. The van der Waals surface area contributed by atoms with Crippen LogP contribution >= 0.6 is 0 Å². The summed E-state index contributed by atoms with van der Waals surface area (Å²) in [7, 11) is 0. The summed E-state index contributed by atoms with van der Waals surface area (Å²) >= 11 is 0. The average molecular weight is 260 g/mol. The molecule has 0 amide bonds. The van der Waals surface area contributed by atoms with E-state index in [0.717, 1.165) is 11.4 Å². The first-order chi connectivity index (χ1) is 9.27. The van der Waals surface area contributed by atoms with Gasteiger partial charge in [-0.3, -0.25) is 5.84 Å². The van der Waals surface area contributed by atoms with Crippen LogP contribution in [-0.4, -0.2) is 22.5 Å². The number of hydrogen-bond donors (Lipinski definition) is 2. The minimum Gasteiger partial charge on any atom is -0.377 e. The summed E-state index contributed by atoms with van der Waals surface area (Å²) in [6.45, 7) is 4.62. The van der Waals surface area contributed by atoms with Crippen LogP contribution in [0.15, 0.2) is 42.6 Å². The van der Waals surface area contributed by atoms with Crippen molar-refractivity contribution in [1.29, 1.82) is 0 Å². The molecule has 1 heterocycles. The molecule has 3 N–H and O–H groups in total. The molecule has 2 aromatic rings. The van der Waals surface area contributed by atoms with E-state index >= 15 is 0 Å². The third kappa shape index (κ3) is 3.01. The molecular formula is C14H20N4O. The maximum Gasteiger partial charge on any atom is 0.0892 e. The van der Waals surface area contributed by atoms with E-state index in [9.17, 15) is 0 Å². The van der Waals surface area contributed by atoms with Crippen LogP contribution in [0.4, 0.5) is 0 Å². The van der Waals surface area contributed by atoms with Crippen molar-refractivity contribution in [2.75, 3.05) is 6.61 Å². The Kier molecular flexibility index (Phi) is 4.68. The Morgan fingerprint density at radius 2 is 2.05 bits per heavy atom. The topological polar surface area (TPSA) is 65.1 Å². The molecule has 102 valence electrons. The zero-order valence-electron chi connectivity index (χ0n) is 11.3. The number of hydrazine groups is 1. The number of benzene rings is 1. The Morgan fingerprint density at radius 3 is 2.68 bits per heavy atom. The second-order valence-corrected chi connectivity index (χ2v) is 4.31. The lowest BCUT2D eigenvalue weighted by molar-refractivity contribution is 0.0455. The van der Waals surface area contributed by atoms with Crippen LogP contribution in [0.2, 0.25) is 0 Å². The van der Waals surface area contributed by atoms with Gasteiger partial charge in [-0.2, -0.15) is 5.10 Å². The van der Waals surface area contributed by atoms with Crippen LogP contribution in [0.1, 0.15) is 25.6 Å². The predicted molar refractivity (Wildman–Crippen MR) is 74.7 cm³/mol. The number of rotatable bonds is 6. The number of hydrogen-bond acceptors (Lipinski definition) is 4. The zero-order chi connectivity index (χ0) is 13.7. The van der Waals surface area contributed by atoms with Crippen LogP contribution in [-0.2, 0) is 4.74 Å². The molecule has 5 nitrogen and oxygen atoms in total. The Balaban J connectivity index is 2.32. The Hall–Kier alpha value is -1.69. The van der Waals surface area contributed by atoms with Crippen molar-refractivity contribution in [1.82, 2.24) is 15.2 Å². The van der Waals surface area contributed by atoms with Crippen molar-refractivity contribution < 1.29 is 4.74 Å². The number of nitrogens with one attached hydrogen (secondary N) is 1.